The molecule has 2 heterocycles. The van der Waals surface area contributed by atoms with E-state index < -0.39 is 4.92 Å². The van der Waals surface area contributed by atoms with E-state index in [4.69, 9.17) is 0 Å². The van der Waals surface area contributed by atoms with Crippen LogP contribution in [0.2, 0.25) is 0 Å². The van der Waals surface area contributed by atoms with Crippen LogP contribution in [0.1, 0.15) is 34.5 Å². The molecule has 6 nitrogen and oxygen atoms in total. The quantitative estimate of drug-likeness (QED) is 0.559. The molecule has 1 N–H and O–H groups in total. The van der Waals surface area contributed by atoms with E-state index in [9.17, 15) is 19.3 Å². The molecular weight excluding hydrogens is 337 g/mol. The molecule has 3 aromatic rings. The fourth-order valence-electron chi connectivity index (χ4n) is 3.69. The van der Waals surface area contributed by atoms with Crippen molar-refractivity contribution in [1.82, 2.24) is 9.88 Å². The number of halogens is 1. The second-order valence-corrected chi connectivity index (χ2v) is 6.43. The van der Waals surface area contributed by atoms with Crippen molar-refractivity contribution in [1.29, 1.82) is 0 Å². The number of benzene rings is 2. The molecule has 0 radical (unpaired) electrons. The molecule has 7 heteroatoms. The van der Waals surface area contributed by atoms with Gasteiger partial charge in [0.2, 0.25) is 0 Å². The zero-order valence-electron chi connectivity index (χ0n) is 14.0. The molecule has 1 aliphatic rings. The van der Waals surface area contributed by atoms with Crippen LogP contribution in [-0.4, -0.2) is 27.3 Å². The SMILES string of the molecule is CC1c2c(F)cccc2CCN1C(=O)c1c[nH]c2cc([N+](=O)[O-])ccc12. The number of H-pyrrole nitrogens is 1. The molecule has 4 rings (SSSR count). The van der Waals surface area contributed by atoms with Gasteiger partial charge in [-0.25, -0.2) is 4.39 Å². The number of hydrogen-bond donors (Lipinski definition) is 1. The van der Waals surface area contributed by atoms with Crippen LogP contribution in [0.3, 0.4) is 0 Å². The van der Waals surface area contributed by atoms with Gasteiger partial charge >= 0.3 is 0 Å². The minimum Gasteiger partial charge on any atom is -0.360 e. The first kappa shape index (κ1) is 16.3. The van der Waals surface area contributed by atoms with Gasteiger partial charge in [-0.05, 0) is 31.0 Å². The van der Waals surface area contributed by atoms with Crippen LogP contribution >= 0.6 is 0 Å². The van der Waals surface area contributed by atoms with Crippen molar-refractivity contribution in [2.75, 3.05) is 6.54 Å². The number of carbonyl (C=O) groups excluding carboxylic acids is 1. The Bertz CT molecular complexity index is 1040. The zero-order valence-corrected chi connectivity index (χ0v) is 14.0. The number of amides is 1. The summed E-state index contributed by atoms with van der Waals surface area (Å²) in [7, 11) is 0. The molecule has 0 aliphatic carbocycles. The summed E-state index contributed by atoms with van der Waals surface area (Å²) in [5, 5.41) is 11.5. The number of nitrogens with zero attached hydrogens (tertiary/aromatic N) is 2. The Morgan fingerprint density at radius 3 is 2.92 bits per heavy atom. The van der Waals surface area contributed by atoms with Crippen molar-refractivity contribution in [2.45, 2.75) is 19.4 Å². The van der Waals surface area contributed by atoms with E-state index in [1.54, 1.807) is 23.2 Å². The van der Waals surface area contributed by atoms with E-state index in [2.05, 4.69) is 4.98 Å². The van der Waals surface area contributed by atoms with Gasteiger partial charge in [0.25, 0.3) is 11.6 Å². The third-order valence-corrected chi connectivity index (χ3v) is 5.02. The molecule has 132 valence electrons. The van der Waals surface area contributed by atoms with Gasteiger partial charge in [0.1, 0.15) is 5.82 Å². The number of nitrogens with one attached hydrogen (secondary N) is 1. The van der Waals surface area contributed by atoms with Crippen molar-refractivity contribution < 1.29 is 14.1 Å². The van der Waals surface area contributed by atoms with Gasteiger partial charge in [-0.1, -0.05) is 12.1 Å². The minimum atomic E-state index is -0.478. The number of carbonyl (C=O) groups is 1. The Balaban J connectivity index is 1.71. The first-order valence-corrected chi connectivity index (χ1v) is 8.31. The van der Waals surface area contributed by atoms with E-state index >= 15 is 0 Å². The lowest BCUT2D eigenvalue weighted by atomic mass is 9.92. The standard InChI is InChI=1S/C19H16FN3O3/c1-11-18-12(3-2-4-16(18)20)7-8-22(11)19(24)15-10-21-17-9-13(23(25)26)5-6-14(15)17/h2-6,9-11,21H,7-8H2,1H3. The number of hydrogen-bond acceptors (Lipinski definition) is 3. The Morgan fingerprint density at radius 1 is 1.35 bits per heavy atom. The zero-order chi connectivity index (χ0) is 18.4. The number of nitro benzene ring substituents is 1. The summed E-state index contributed by atoms with van der Waals surface area (Å²) in [5.41, 5.74) is 2.40. The normalized spacial score (nSPS) is 16.5. The summed E-state index contributed by atoms with van der Waals surface area (Å²) in [4.78, 5) is 28.1. The van der Waals surface area contributed by atoms with E-state index in [0.717, 1.165) is 5.56 Å². The summed E-state index contributed by atoms with van der Waals surface area (Å²) in [5.74, 6) is -0.520. The number of nitro groups is 1. The molecular formula is C19H16FN3O3. The largest absolute Gasteiger partial charge is 0.360 e. The van der Waals surface area contributed by atoms with E-state index in [-0.39, 0.29) is 23.5 Å². The maximum absolute atomic E-state index is 14.3. The lowest BCUT2D eigenvalue weighted by molar-refractivity contribution is -0.384. The predicted octanol–water partition coefficient (Wildman–Crippen LogP) is 3.97. The summed E-state index contributed by atoms with van der Waals surface area (Å²) in [6, 6.07) is 8.96. The monoisotopic (exact) mass is 353 g/mol. The van der Waals surface area contributed by atoms with Gasteiger partial charge in [0.15, 0.2) is 0 Å². The molecule has 26 heavy (non-hydrogen) atoms. The molecule has 0 spiro atoms. The Labute approximate surface area is 148 Å². The molecule has 1 unspecified atom stereocenters. The Hall–Kier alpha value is -3.22. The van der Waals surface area contributed by atoms with Crippen LogP contribution in [0.15, 0.2) is 42.6 Å². The van der Waals surface area contributed by atoms with Crippen LogP contribution in [0, 0.1) is 15.9 Å². The molecule has 2 aromatic carbocycles. The third-order valence-electron chi connectivity index (χ3n) is 5.02. The fraction of sp³-hybridized carbons (Fsp3) is 0.211. The van der Waals surface area contributed by atoms with E-state index in [0.29, 0.717) is 35.0 Å². The lowest BCUT2D eigenvalue weighted by Gasteiger charge is -2.35. The maximum Gasteiger partial charge on any atom is 0.271 e. The molecule has 1 aromatic heterocycles. The number of aromatic amines is 1. The highest BCUT2D eigenvalue weighted by atomic mass is 19.1. The van der Waals surface area contributed by atoms with Gasteiger partial charge in [-0.3, -0.25) is 14.9 Å². The number of non-ortho nitro benzene ring substituents is 1. The Kier molecular flexibility index (Phi) is 3.72. The Morgan fingerprint density at radius 2 is 2.15 bits per heavy atom. The van der Waals surface area contributed by atoms with Crippen molar-refractivity contribution in [3.63, 3.8) is 0 Å². The first-order chi connectivity index (χ1) is 12.5. The number of aromatic nitrogens is 1. The highest BCUT2D eigenvalue weighted by molar-refractivity contribution is 6.07. The third kappa shape index (κ3) is 2.44. The molecule has 0 saturated carbocycles. The molecule has 0 saturated heterocycles. The number of rotatable bonds is 2. The smallest absolute Gasteiger partial charge is 0.271 e. The van der Waals surface area contributed by atoms with Gasteiger partial charge in [-0.15, -0.1) is 0 Å². The van der Waals surface area contributed by atoms with Crippen LogP contribution < -0.4 is 0 Å². The summed E-state index contributed by atoms with van der Waals surface area (Å²) >= 11 is 0. The number of fused-ring (bicyclic) bond motifs is 2. The van der Waals surface area contributed by atoms with Gasteiger partial charge in [-0.2, -0.15) is 0 Å². The van der Waals surface area contributed by atoms with Crippen LogP contribution in [0.25, 0.3) is 10.9 Å². The van der Waals surface area contributed by atoms with Crippen LogP contribution in [-0.2, 0) is 6.42 Å². The molecule has 1 atom stereocenters. The molecule has 0 bridgehead atoms. The van der Waals surface area contributed by atoms with Crippen molar-refractivity contribution in [3.8, 4) is 0 Å². The van der Waals surface area contributed by atoms with E-state index in [1.165, 1.54) is 18.2 Å². The fourth-order valence-corrected chi connectivity index (χ4v) is 3.69. The summed E-state index contributed by atoms with van der Waals surface area (Å²) < 4.78 is 14.3. The van der Waals surface area contributed by atoms with Crippen LogP contribution in [0.5, 0.6) is 0 Å². The predicted molar refractivity (Wildman–Crippen MR) is 94.5 cm³/mol. The topological polar surface area (TPSA) is 79.2 Å². The lowest BCUT2D eigenvalue weighted by Crippen LogP contribution is -2.39. The van der Waals surface area contributed by atoms with Crippen LogP contribution in [0.4, 0.5) is 10.1 Å². The molecule has 1 amide bonds. The van der Waals surface area contributed by atoms with Gasteiger partial charge in [0.05, 0.1) is 22.0 Å². The molecule has 0 fully saturated rings. The van der Waals surface area contributed by atoms with Gasteiger partial charge < -0.3 is 9.88 Å². The van der Waals surface area contributed by atoms with Crippen molar-refractivity contribution in [2.24, 2.45) is 0 Å². The molecule has 1 aliphatic heterocycles. The highest BCUT2D eigenvalue weighted by Gasteiger charge is 2.31. The minimum absolute atomic E-state index is 0.0410. The second-order valence-electron chi connectivity index (χ2n) is 6.43. The second kappa shape index (κ2) is 5.94. The summed E-state index contributed by atoms with van der Waals surface area (Å²) in [6.07, 6.45) is 2.15. The average molecular weight is 353 g/mol. The van der Waals surface area contributed by atoms with E-state index in [1.807, 2.05) is 13.0 Å². The van der Waals surface area contributed by atoms with Gasteiger partial charge in [0, 0.05) is 35.8 Å². The average Bonchev–Trinajstić information content (AvgIpc) is 3.04. The first-order valence-electron chi connectivity index (χ1n) is 8.31. The van der Waals surface area contributed by atoms with Crippen molar-refractivity contribution >= 4 is 22.5 Å². The van der Waals surface area contributed by atoms with Crippen molar-refractivity contribution in [3.05, 3.63) is 75.2 Å². The highest BCUT2D eigenvalue weighted by Crippen LogP contribution is 2.33. The maximum atomic E-state index is 14.3. The summed E-state index contributed by atoms with van der Waals surface area (Å²) in [6.45, 7) is 2.31.